The van der Waals surface area contributed by atoms with Gasteiger partial charge in [-0.2, -0.15) is 0 Å². The number of alkyl carbamates (subject to hydrolysis) is 1. The number of carbonyl (C=O) groups is 1. The molecule has 1 fully saturated rings. The highest BCUT2D eigenvalue weighted by atomic mass is 16.7. The largest absolute Gasteiger partial charge is 0.445 e. The third-order valence-electron chi connectivity index (χ3n) is 9.78. The van der Waals surface area contributed by atoms with E-state index in [0.29, 0.717) is 13.1 Å². The van der Waals surface area contributed by atoms with Gasteiger partial charge in [0.25, 0.3) is 0 Å². The molecule has 0 bridgehead atoms. The van der Waals surface area contributed by atoms with Crippen LogP contribution in [0.25, 0.3) is 21.9 Å². The van der Waals surface area contributed by atoms with E-state index in [1.54, 1.807) is 0 Å². The van der Waals surface area contributed by atoms with E-state index in [1.807, 2.05) is 36.4 Å². The predicted octanol–water partition coefficient (Wildman–Crippen LogP) is 8.90. The lowest BCUT2D eigenvalue weighted by molar-refractivity contribution is -0.276. The van der Waals surface area contributed by atoms with Crippen LogP contribution in [0.3, 0.4) is 0 Å². The van der Waals surface area contributed by atoms with Gasteiger partial charge < -0.3 is 24.6 Å². The smallest absolute Gasteiger partial charge is 0.407 e. The zero-order valence-electron chi connectivity index (χ0n) is 29.0. The topological polar surface area (TPSA) is 80.3 Å². The van der Waals surface area contributed by atoms with Crippen molar-refractivity contribution in [2.24, 2.45) is 5.92 Å². The summed E-state index contributed by atoms with van der Waals surface area (Å²) in [7, 11) is 2.16. The van der Waals surface area contributed by atoms with Crippen molar-refractivity contribution in [3.05, 3.63) is 156 Å². The van der Waals surface area contributed by atoms with Crippen molar-refractivity contribution in [1.82, 2.24) is 10.2 Å². The summed E-state index contributed by atoms with van der Waals surface area (Å²) in [5.41, 5.74) is 7.13. The molecule has 6 rings (SSSR count). The zero-order chi connectivity index (χ0) is 35.0. The molecule has 1 aliphatic heterocycles. The van der Waals surface area contributed by atoms with Crippen LogP contribution < -0.4 is 5.32 Å². The van der Waals surface area contributed by atoms with Gasteiger partial charge in [0.15, 0.2) is 6.29 Å². The Bertz CT molecular complexity index is 1890. The Balaban J connectivity index is 1.23. The molecule has 2 N–H and O–H groups in total. The van der Waals surface area contributed by atoms with Crippen LogP contribution >= 0.6 is 0 Å². The highest BCUT2D eigenvalue weighted by Crippen LogP contribution is 2.42. The van der Waals surface area contributed by atoms with Gasteiger partial charge in [0.1, 0.15) is 6.61 Å². The Hall–Kier alpha value is -4.79. The lowest BCUT2D eigenvalue weighted by atomic mass is 9.89. The van der Waals surface area contributed by atoms with Crippen LogP contribution in [-0.4, -0.2) is 42.4 Å². The third-order valence-corrected chi connectivity index (χ3v) is 9.78. The monoisotopic (exact) mass is 670 g/mol. The molecule has 1 aliphatic rings. The third kappa shape index (κ3) is 8.15. The maximum atomic E-state index is 12.1. The predicted molar refractivity (Wildman–Crippen MR) is 198 cm³/mol. The van der Waals surface area contributed by atoms with Crippen molar-refractivity contribution in [3.8, 4) is 11.1 Å². The van der Waals surface area contributed by atoms with E-state index in [9.17, 15) is 9.90 Å². The van der Waals surface area contributed by atoms with E-state index in [1.165, 1.54) is 22.4 Å². The number of rotatable bonds is 12. The summed E-state index contributed by atoms with van der Waals surface area (Å²) >= 11 is 0. The molecule has 258 valence electrons. The number of aliphatic hydroxyl groups is 1. The van der Waals surface area contributed by atoms with Crippen LogP contribution in [0.5, 0.6) is 0 Å². The van der Waals surface area contributed by atoms with E-state index in [0.717, 1.165) is 33.4 Å². The molecule has 1 amide bonds. The summed E-state index contributed by atoms with van der Waals surface area (Å²) < 4.78 is 18.6. The molecule has 7 heteroatoms. The summed E-state index contributed by atoms with van der Waals surface area (Å²) in [5.74, 6) is 0.0642. The Morgan fingerprint density at radius 2 is 1.62 bits per heavy atom. The number of fused-ring (bicyclic) bond motifs is 1. The van der Waals surface area contributed by atoms with Gasteiger partial charge in [-0.25, -0.2) is 4.79 Å². The molecule has 0 spiro atoms. The standard InChI is InChI=1S/C43H46N2O5/c1-5-24-48-43(47)44-26-38-12-8-9-13-39(38)33-19-21-35(22-20-33)42-49-40(29(2)41(50-42)34-16-14-31(28-46)15-17-34)27-45(4)30(3)36-23-18-32-10-6-7-11-37(32)25-36/h5-23,25,29-30,40-42,46H,1,24,26-28H2,2-4H3,(H,44,47)/t29-,30-,40+,41+,42+/m1/s1. The molecule has 5 aromatic rings. The maximum Gasteiger partial charge on any atom is 0.407 e. The van der Waals surface area contributed by atoms with Crippen molar-refractivity contribution in [1.29, 1.82) is 0 Å². The van der Waals surface area contributed by atoms with E-state index >= 15 is 0 Å². The maximum absolute atomic E-state index is 12.1. The summed E-state index contributed by atoms with van der Waals surface area (Å²) in [6.07, 6.45) is 0.161. The summed E-state index contributed by atoms with van der Waals surface area (Å²) in [5, 5.41) is 14.9. The fourth-order valence-corrected chi connectivity index (χ4v) is 6.62. The molecule has 1 saturated heterocycles. The second-order valence-electron chi connectivity index (χ2n) is 13.1. The molecule has 7 nitrogen and oxygen atoms in total. The molecule has 0 unspecified atom stereocenters. The summed E-state index contributed by atoms with van der Waals surface area (Å²) in [4.78, 5) is 14.4. The van der Waals surface area contributed by atoms with Gasteiger partial charge in [-0.05, 0) is 64.2 Å². The van der Waals surface area contributed by atoms with Gasteiger partial charge in [-0.1, -0.05) is 129 Å². The minimum Gasteiger partial charge on any atom is -0.445 e. The molecule has 50 heavy (non-hydrogen) atoms. The first-order valence-electron chi connectivity index (χ1n) is 17.2. The van der Waals surface area contributed by atoms with Crippen molar-refractivity contribution in [3.63, 3.8) is 0 Å². The quantitative estimate of drug-likeness (QED) is 0.129. The van der Waals surface area contributed by atoms with Crippen LogP contribution in [0, 0.1) is 5.92 Å². The molecule has 0 saturated carbocycles. The van der Waals surface area contributed by atoms with Crippen molar-refractivity contribution < 1.29 is 24.1 Å². The summed E-state index contributed by atoms with van der Waals surface area (Å²) in [6, 6.07) is 39.6. The first kappa shape index (κ1) is 35.1. The fraction of sp³-hybridized carbons (Fsp3) is 0.279. The minimum atomic E-state index is -0.575. The van der Waals surface area contributed by atoms with Crippen LogP contribution in [0.15, 0.2) is 128 Å². The minimum absolute atomic E-state index is 0.00187. The van der Waals surface area contributed by atoms with E-state index in [2.05, 4.69) is 117 Å². The number of hydrogen-bond donors (Lipinski definition) is 2. The van der Waals surface area contributed by atoms with E-state index in [-0.39, 0.29) is 37.4 Å². The van der Waals surface area contributed by atoms with Crippen LogP contribution in [0.4, 0.5) is 4.79 Å². The molecule has 5 atom stereocenters. The van der Waals surface area contributed by atoms with Gasteiger partial charge in [0.05, 0.1) is 18.8 Å². The Morgan fingerprint density at radius 3 is 2.36 bits per heavy atom. The Morgan fingerprint density at radius 1 is 0.920 bits per heavy atom. The van der Waals surface area contributed by atoms with Crippen LogP contribution in [-0.2, 0) is 27.4 Å². The number of amides is 1. The van der Waals surface area contributed by atoms with Crippen molar-refractivity contribution >= 4 is 16.9 Å². The summed E-state index contributed by atoms with van der Waals surface area (Å²) in [6.45, 7) is 9.24. The van der Waals surface area contributed by atoms with Crippen molar-refractivity contribution in [2.45, 2.75) is 51.5 Å². The average Bonchev–Trinajstić information content (AvgIpc) is 3.16. The SMILES string of the molecule is C=CCOC(=O)NCc1ccccc1-c1ccc([C@H]2O[C@@H](CN(C)[C@H](C)c3ccc4ccccc4c3)[C@@H](C)[C@@H](c3ccc(CO)cc3)O2)cc1. The zero-order valence-corrected chi connectivity index (χ0v) is 29.0. The normalized spacial score (nSPS) is 19.6. The highest BCUT2D eigenvalue weighted by molar-refractivity contribution is 5.83. The molecule has 1 heterocycles. The van der Waals surface area contributed by atoms with Gasteiger partial charge in [-0.15, -0.1) is 0 Å². The average molecular weight is 671 g/mol. The lowest BCUT2D eigenvalue weighted by Gasteiger charge is -2.43. The Labute approximate surface area is 295 Å². The van der Waals surface area contributed by atoms with E-state index in [4.69, 9.17) is 14.2 Å². The number of ether oxygens (including phenoxy) is 3. The molecule has 0 aliphatic carbocycles. The number of aliphatic hydroxyl groups excluding tert-OH is 1. The van der Waals surface area contributed by atoms with Crippen molar-refractivity contribution in [2.75, 3.05) is 20.2 Å². The van der Waals surface area contributed by atoms with Crippen LogP contribution in [0.2, 0.25) is 0 Å². The molecule has 5 aromatic carbocycles. The first-order chi connectivity index (χ1) is 24.3. The van der Waals surface area contributed by atoms with Gasteiger partial charge in [-0.3, -0.25) is 4.90 Å². The van der Waals surface area contributed by atoms with Gasteiger partial charge in [0.2, 0.25) is 0 Å². The number of nitrogens with zero attached hydrogens (tertiary/aromatic N) is 1. The fourth-order valence-electron chi connectivity index (χ4n) is 6.62. The van der Waals surface area contributed by atoms with Gasteiger partial charge in [0, 0.05) is 30.6 Å². The Kier molecular flexibility index (Phi) is 11.4. The van der Waals surface area contributed by atoms with Gasteiger partial charge >= 0.3 is 6.09 Å². The number of likely N-dealkylation sites (N-methyl/N-ethyl adjacent to an activating group) is 1. The molecule has 0 radical (unpaired) electrons. The number of benzene rings is 5. The number of nitrogens with one attached hydrogen (secondary N) is 1. The first-order valence-corrected chi connectivity index (χ1v) is 17.2. The molecule has 0 aromatic heterocycles. The number of hydrogen-bond acceptors (Lipinski definition) is 6. The van der Waals surface area contributed by atoms with Crippen LogP contribution in [0.1, 0.15) is 60.1 Å². The lowest BCUT2D eigenvalue weighted by Crippen LogP contribution is -2.44. The molecular weight excluding hydrogens is 624 g/mol. The second kappa shape index (κ2) is 16.3. The number of carbonyl (C=O) groups excluding carboxylic acids is 1. The second-order valence-corrected chi connectivity index (χ2v) is 13.1. The van der Waals surface area contributed by atoms with E-state index < -0.39 is 12.4 Å². The highest BCUT2D eigenvalue weighted by Gasteiger charge is 2.39. The molecular formula is C43H46N2O5.